The molecule has 0 aliphatic carbocycles. The van der Waals surface area contributed by atoms with Gasteiger partial charge in [0.15, 0.2) is 11.6 Å². The SMILES string of the molecule is Cc1ccc(-[n+]2noc([O-])c2-c2csc(/C=C/c3ccc(Cl)cc3)n2)cc1. The Kier molecular flexibility index (Phi) is 4.75. The molecule has 0 spiro atoms. The molecule has 0 saturated carbocycles. The van der Waals surface area contributed by atoms with E-state index in [1.807, 2.05) is 73.0 Å². The van der Waals surface area contributed by atoms with Crippen molar-refractivity contribution in [2.75, 3.05) is 0 Å². The van der Waals surface area contributed by atoms with Gasteiger partial charge in [0.05, 0.1) is 5.27 Å². The molecule has 134 valence electrons. The summed E-state index contributed by atoms with van der Waals surface area (Å²) in [4.78, 5) is 4.53. The van der Waals surface area contributed by atoms with E-state index in [0.717, 1.165) is 21.8 Å². The minimum atomic E-state index is -0.519. The lowest BCUT2D eigenvalue weighted by molar-refractivity contribution is -0.660. The van der Waals surface area contributed by atoms with Crippen LogP contribution in [0.15, 0.2) is 58.4 Å². The molecule has 2 aromatic heterocycles. The van der Waals surface area contributed by atoms with Crippen LogP contribution in [-0.2, 0) is 0 Å². The van der Waals surface area contributed by atoms with Gasteiger partial charge in [0.1, 0.15) is 5.01 Å². The maximum atomic E-state index is 12.2. The van der Waals surface area contributed by atoms with Crippen molar-refractivity contribution in [3.8, 4) is 23.0 Å². The molecule has 27 heavy (non-hydrogen) atoms. The summed E-state index contributed by atoms with van der Waals surface area (Å²) in [5.74, 6) is -0.519. The Morgan fingerprint density at radius 3 is 2.56 bits per heavy atom. The van der Waals surface area contributed by atoms with Crippen LogP contribution < -0.4 is 9.79 Å². The van der Waals surface area contributed by atoms with E-state index >= 15 is 0 Å². The quantitative estimate of drug-likeness (QED) is 0.484. The summed E-state index contributed by atoms with van der Waals surface area (Å²) in [5.41, 5.74) is 3.71. The Labute approximate surface area is 164 Å². The molecule has 0 amide bonds. The van der Waals surface area contributed by atoms with Crippen LogP contribution in [0.2, 0.25) is 5.02 Å². The van der Waals surface area contributed by atoms with E-state index in [1.54, 1.807) is 0 Å². The van der Waals surface area contributed by atoms with Crippen molar-refractivity contribution in [3.63, 3.8) is 0 Å². The van der Waals surface area contributed by atoms with E-state index in [9.17, 15) is 5.11 Å². The van der Waals surface area contributed by atoms with Crippen LogP contribution in [0.25, 0.3) is 29.2 Å². The highest BCUT2D eigenvalue weighted by Gasteiger charge is 2.24. The lowest BCUT2D eigenvalue weighted by Gasteiger charge is -1.95. The largest absolute Gasteiger partial charge is 0.539 e. The first-order chi connectivity index (χ1) is 13.1. The van der Waals surface area contributed by atoms with E-state index in [2.05, 4.69) is 10.3 Å². The molecule has 0 radical (unpaired) electrons. The number of benzene rings is 2. The van der Waals surface area contributed by atoms with Crippen LogP contribution in [0, 0.1) is 6.92 Å². The lowest BCUT2D eigenvalue weighted by Crippen LogP contribution is -2.34. The monoisotopic (exact) mass is 395 g/mol. The van der Waals surface area contributed by atoms with Gasteiger partial charge in [-0.1, -0.05) is 47.5 Å². The normalized spacial score (nSPS) is 11.3. The fourth-order valence-electron chi connectivity index (χ4n) is 2.54. The first-order valence-corrected chi connectivity index (χ1v) is 9.41. The summed E-state index contributed by atoms with van der Waals surface area (Å²) < 4.78 is 6.35. The predicted octanol–water partition coefficient (Wildman–Crippen LogP) is 4.28. The van der Waals surface area contributed by atoms with Crippen LogP contribution in [0.3, 0.4) is 0 Å². The summed E-state index contributed by atoms with van der Waals surface area (Å²) in [6, 6.07) is 15.2. The Morgan fingerprint density at radius 2 is 1.81 bits per heavy atom. The third-order valence-electron chi connectivity index (χ3n) is 3.94. The molecule has 0 fully saturated rings. The zero-order valence-electron chi connectivity index (χ0n) is 14.3. The Hall–Kier alpha value is -2.96. The summed E-state index contributed by atoms with van der Waals surface area (Å²) in [5, 5.41) is 19.3. The zero-order valence-corrected chi connectivity index (χ0v) is 15.9. The van der Waals surface area contributed by atoms with Gasteiger partial charge in [0, 0.05) is 22.5 Å². The molecule has 4 aromatic rings. The second-order valence-electron chi connectivity index (χ2n) is 5.91. The van der Waals surface area contributed by atoms with Gasteiger partial charge in [-0.2, -0.15) is 0 Å². The van der Waals surface area contributed by atoms with Gasteiger partial charge < -0.3 is 9.63 Å². The van der Waals surface area contributed by atoms with Crippen molar-refractivity contribution >= 4 is 35.1 Å². The van der Waals surface area contributed by atoms with E-state index in [0.29, 0.717) is 16.4 Å². The van der Waals surface area contributed by atoms with E-state index in [4.69, 9.17) is 16.1 Å². The molecule has 0 atom stereocenters. The number of rotatable bonds is 4. The average Bonchev–Trinajstić information content (AvgIpc) is 3.28. The molecule has 7 heteroatoms. The number of aryl methyl sites for hydroxylation is 1. The number of nitrogens with zero attached hydrogens (tertiary/aromatic N) is 3. The predicted molar refractivity (Wildman–Crippen MR) is 104 cm³/mol. The third-order valence-corrected chi connectivity index (χ3v) is 5.00. The number of thiazole rings is 1. The molecule has 2 aromatic carbocycles. The summed E-state index contributed by atoms with van der Waals surface area (Å²) >= 11 is 7.34. The first-order valence-electron chi connectivity index (χ1n) is 8.16. The highest BCUT2D eigenvalue weighted by atomic mass is 35.5. The molecule has 0 saturated heterocycles. The van der Waals surface area contributed by atoms with Crippen molar-refractivity contribution in [2.45, 2.75) is 6.92 Å². The highest BCUT2D eigenvalue weighted by molar-refractivity contribution is 7.10. The van der Waals surface area contributed by atoms with Gasteiger partial charge in [0.25, 0.3) is 5.69 Å². The average molecular weight is 396 g/mol. The van der Waals surface area contributed by atoms with Crippen molar-refractivity contribution in [3.05, 3.63) is 75.1 Å². The van der Waals surface area contributed by atoms with Gasteiger partial charge in [-0.3, -0.25) is 0 Å². The number of hydrogen-bond donors (Lipinski definition) is 0. The molecular formula is C20H14ClN3O2S. The highest BCUT2D eigenvalue weighted by Crippen LogP contribution is 2.26. The summed E-state index contributed by atoms with van der Waals surface area (Å²) in [6.45, 7) is 2.00. The minimum Gasteiger partial charge on any atom is -0.539 e. The minimum absolute atomic E-state index is 0.307. The third kappa shape index (κ3) is 3.77. The van der Waals surface area contributed by atoms with Crippen LogP contribution in [-0.4, -0.2) is 10.3 Å². The Morgan fingerprint density at radius 1 is 1.07 bits per heavy atom. The van der Waals surface area contributed by atoms with Crippen LogP contribution in [0.4, 0.5) is 0 Å². The standard InChI is InChI=1S/C20H14ClN3O2S/c1-13-2-9-16(10-3-13)24-19(20(25)26-23-24)17-12-27-18(22-17)11-6-14-4-7-15(21)8-5-14/h2-12H,1H3/b11-6+. The lowest BCUT2D eigenvalue weighted by atomic mass is 10.2. The molecule has 0 N–H and O–H groups in total. The molecule has 0 aliphatic rings. The molecule has 0 aliphatic heterocycles. The topological polar surface area (TPSA) is 65.9 Å². The van der Waals surface area contributed by atoms with Crippen LogP contribution >= 0.6 is 22.9 Å². The smallest absolute Gasteiger partial charge is 0.289 e. The molecule has 5 nitrogen and oxygen atoms in total. The zero-order chi connectivity index (χ0) is 18.8. The van der Waals surface area contributed by atoms with Gasteiger partial charge >= 0.3 is 0 Å². The summed E-state index contributed by atoms with van der Waals surface area (Å²) in [7, 11) is 0. The summed E-state index contributed by atoms with van der Waals surface area (Å²) in [6.07, 6.45) is 3.84. The van der Waals surface area contributed by atoms with Crippen molar-refractivity contribution in [1.29, 1.82) is 0 Å². The number of aromatic nitrogens is 3. The molecule has 0 unspecified atom stereocenters. The maximum Gasteiger partial charge on any atom is 0.289 e. The molecule has 4 rings (SSSR count). The van der Waals surface area contributed by atoms with Crippen LogP contribution in [0.1, 0.15) is 16.1 Å². The molecular weight excluding hydrogens is 382 g/mol. The van der Waals surface area contributed by atoms with E-state index in [-0.39, 0.29) is 0 Å². The number of hydrogen-bond acceptors (Lipinski definition) is 5. The van der Waals surface area contributed by atoms with Crippen LogP contribution in [0.5, 0.6) is 5.95 Å². The second-order valence-corrected chi connectivity index (χ2v) is 7.24. The fourth-order valence-corrected chi connectivity index (χ4v) is 3.36. The van der Waals surface area contributed by atoms with Crippen molar-refractivity contribution in [2.24, 2.45) is 0 Å². The van der Waals surface area contributed by atoms with Gasteiger partial charge in [-0.15, -0.1) is 11.3 Å². The van der Waals surface area contributed by atoms with Gasteiger partial charge in [0.2, 0.25) is 5.69 Å². The molecule has 2 heterocycles. The van der Waals surface area contributed by atoms with Gasteiger partial charge in [-0.05, 0) is 35.4 Å². The van der Waals surface area contributed by atoms with E-state index < -0.39 is 5.95 Å². The van der Waals surface area contributed by atoms with Gasteiger partial charge in [-0.25, -0.2) is 4.98 Å². The molecule has 0 bridgehead atoms. The maximum absolute atomic E-state index is 12.2. The Bertz CT molecular complexity index is 1100. The number of halogens is 1. The van der Waals surface area contributed by atoms with Crippen molar-refractivity contribution < 1.29 is 14.3 Å². The van der Waals surface area contributed by atoms with Crippen molar-refractivity contribution in [1.82, 2.24) is 10.3 Å². The Balaban J connectivity index is 1.64. The first kappa shape index (κ1) is 17.5. The van der Waals surface area contributed by atoms with E-state index in [1.165, 1.54) is 16.0 Å². The fraction of sp³-hybridized carbons (Fsp3) is 0.0500. The second kappa shape index (κ2) is 7.34.